The Balaban J connectivity index is 1.68. The lowest BCUT2D eigenvalue weighted by Crippen LogP contribution is -2.45. The number of aromatic nitrogens is 2. The van der Waals surface area contributed by atoms with Gasteiger partial charge in [0, 0.05) is 25.0 Å². The molecule has 2 aliphatic heterocycles. The van der Waals surface area contributed by atoms with Crippen molar-refractivity contribution >= 4 is 7.75 Å². The largest absolute Gasteiger partial charge is 0.406 e. The van der Waals surface area contributed by atoms with Crippen molar-refractivity contribution in [3.05, 3.63) is 32.6 Å². The van der Waals surface area contributed by atoms with Gasteiger partial charge in [0.25, 0.3) is 5.56 Å². The second kappa shape index (κ2) is 12.0. The number of halogens is 1. The third-order valence-corrected chi connectivity index (χ3v) is 7.42. The fraction of sp³-hybridized carbons (Fsp3) is 0.810. The van der Waals surface area contributed by atoms with E-state index in [0.29, 0.717) is 13.2 Å². The second-order valence-corrected chi connectivity index (χ2v) is 10.3. The van der Waals surface area contributed by atoms with E-state index in [2.05, 4.69) is 10.1 Å². The Morgan fingerprint density at radius 3 is 2.53 bits per heavy atom. The molecule has 0 amide bonds. The molecule has 0 bridgehead atoms. The summed E-state index contributed by atoms with van der Waals surface area (Å²) in [6.45, 7) is 8.06. The Kier molecular flexibility index (Phi) is 9.62. The van der Waals surface area contributed by atoms with Crippen molar-refractivity contribution < 1.29 is 32.2 Å². The van der Waals surface area contributed by atoms with Crippen molar-refractivity contribution in [2.45, 2.75) is 90.3 Å². The molecule has 6 atom stereocenters. The molecule has 13 heteroatoms. The number of hydrogen-bond donors (Lipinski definition) is 2. The molecule has 1 aromatic rings. The first-order valence-electron chi connectivity index (χ1n) is 11.7. The van der Waals surface area contributed by atoms with Crippen LogP contribution in [0, 0.1) is 6.92 Å². The number of unbranched alkanes of at least 4 members (excludes halogenated alkanes) is 2. The Labute approximate surface area is 197 Å². The maximum absolute atomic E-state index is 15.3. The molecule has 1 unspecified atom stereocenters. The first-order valence-corrected chi connectivity index (χ1v) is 13.3. The van der Waals surface area contributed by atoms with Crippen molar-refractivity contribution in [1.29, 1.82) is 0 Å². The van der Waals surface area contributed by atoms with Gasteiger partial charge in [-0.25, -0.2) is 18.8 Å². The summed E-state index contributed by atoms with van der Waals surface area (Å²) >= 11 is 0. The molecule has 2 aliphatic rings. The number of aromatic amines is 1. The number of fused-ring (bicyclic) bond motifs is 1. The number of H-pyrrole nitrogens is 1. The third-order valence-electron chi connectivity index (χ3n) is 5.69. The van der Waals surface area contributed by atoms with Gasteiger partial charge in [0.15, 0.2) is 18.7 Å². The molecule has 194 valence electrons. The average molecular weight is 507 g/mol. The van der Waals surface area contributed by atoms with E-state index in [-0.39, 0.29) is 12.2 Å². The van der Waals surface area contributed by atoms with Crippen LogP contribution in [0.2, 0.25) is 0 Å². The summed E-state index contributed by atoms with van der Waals surface area (Å²) in [6.07, 6.45) is -1.15. The van der Waals surface area contributed by atoms with Gasteiger partial charge in [-0.05, 0) is 26.7 Å². The Hall–Kier alpha value is -1.40. The van der Waals surface area contributed by atoms with E-state index in [1.165, 1.54) is 13.1 Å². The predicted molar refractivity (Wildman–Crippen MR) is 121 cm³/mol. The van der Waals surface area contributed by atoms with Gasteiger partial charge in [-0.2, -0.15) is 0 Å². The number of ether oxygens (including phenoxy) is 3. The maximum Gasteiger partial charge on any atom is 0.406 e. The van der Waals surface area contributed by atoms with E-state index in [4.69, 9.17) is 23.3 Å². The number of nitrogens with zero attached hydrogens (tertiary/aromatic N) is 1. The number of hydrogen-bond acceptors (Lipinski definition) is 8. The molecule has 2 N–H and O–H groups in total. The van der Waals surface area contributed by atoms with Crippen LogP contribution in [-0.2, 0) is 27.8 Å². The van der Waals surface area contributed by atoms with Crippen LogP contribution in [0.25, 0.3) is 0 Å². The molecule has 34 heavy (non-hydrogen) atoms. The molecular formula is C21H35FN3O8P. The first kappa shape index (κ1) is 27.2. The van der Waals surface area contributed by atoms with Crippen molar-refractivity contribution in [3.8, 4) is 0 Å². The van der Waals surface area contributed by atoms with E-state index < -0.39 is 55.9 Å². The standard InChI is InChI=1S/C21H35FN3O8P/c1-5-7-9-29-20(30-10-8-6-2)14(4)24-34(28)31-12-15-17(33-34)16(22)19(32-15)25-11-13(3)18(26)23-21(25)27/h11,14-17,19-20H,5-10,12H2,1-4H3,(H,24,28)(H,23,26,27)/t14-,15-,16+,17-,19-,34?/m0/s1. The zero-order chi connectivity index (χ0) is 24.9. The zero-order valence-electron chi connectivity index (χ0n) is 20.0. The van der Waals surface area contributed by atoms with Crippen LogP contribution in [0.4, 0.5) is 4.39 Å². The lowest BCUT2D eigenvalue weighted by atomic mass is 10.1. The highest BCUT2D eigenvalue weighted by molar-refractivity contribution is 7.51. The molecule has 0 spiro atoms. The summed E-state index contributed by atoms with van der Waals surface area (Å²) in [4.78, 5) is 25.9. The van der Waals surface area contributed by atoms with E-state index in [0.717, 1.165) is 30.3 Å². The molecular weight excluding hydrogens is 472 g/mol. The highest BCUT2D eigenvalue weighted by Gasteiger charge is 2.54. The van der Waals surface area contributed by atoms with Crippen LogP contribution < -0.4 is 16.3 Å². The van der Waals surface area contributed by atoms with Crippen LogP contribution in [-0.4, -0.2) is 60.1 Å². The van der Waals surface area contributed by atoms with Crippen molar-refractivity contribution in [2.75, 3.05) is 19.8 Å². The summed E-state index contributed by atoms with van der Waals surface area (Å²) < 4.78 is 57.8. The van der Waals surface area contributed by atoms with E-state index >= 15 is 4.39 Å². The van der Waals surface area contributed by atoms with Gasteiger partial charge in [-0.1, -0.05) is 26.7 Å². The van der Waals surface area contributed by atoms with Gasteiger partial charge in [0.05, 0.1) is 12.6 Å². The molecule has 3 rings (SSSR count). The fourth-order valence-corrected chi connectivity index (χ4v) is 5.45. The number of rotatable bonds is 12. The van der Waals surface area contributed by atoms with E-state index in [1.54, 1.807) is 6.92 Å². The minimum atomic E-state index is -3.93. The minimum absolute atomic E-state index is 0.201. The van der Waals surface area contributed by atoms with Crippen LogP contribution in [0.5, 0.6) is 0 Å². The van der Waals surface area contributed by atoms with Gasteiger partial charge in [-0.3, -0.25) is 23.4 Å². The van der Waals surface area contributed by atoms with Crippen LogP contribution >= 0.6 is 7.75 Å². The summed E-state index contributed by atoms with van der Waals surface area (Å²) in [5.74, 6) is 0. The normalized spacial score (nSPS) is 29.9. The minimum Gasteiger partial charge on any atom is -0.351 e. The topological polar surface area (TPSA) is 130 Å². The highest BCUT2D eigenvalue weighted by Crippen LogP contribution is 2.53. The Morgan fingerprint density at radius 2 is 1.91 bits per heavy atom. The second-order valence-electron chi connectivity index (χ2n) is 8.59. The molecule has 0 saturated carbocycles. The molecule has 3 heterocycles. The predicted octanol–water partition coefficient (Wildman–Crippen LogP) is 2.54. The van der Waals surface area contributed by atoms with E-state index in [1.807, 2.05) is 13.8 Å². The van der Waals surface area contributed by atoms with Crippen molar-refractivity contribution in [1.82, 2.24) is 14.6 Å². The summed E-state index contributed by atoms with van der Waals surface area (Å²) in [5.41, 5.74) is -1.15. The number of nitrogens with one attached hydrogen (secondary N) is 2. The molecule has 11 nitrogen and oxygen atoms in total. The van der Waals surface area contributed by atoms with Gasteiger partial charge >= 0.3 is 13.4 Å². The monoisotopic (exact) mass is 507 g/mol. The Morgan fingerprint density at radius 1 is 1.26 bits per heavy atom. The quantitative estimate of drug-likeness (QED) is 0.249. The lowest BCUT2D eigenvalue weighted by molar-refractivity contribution is -0.156. The molecule has 0 radical (unpaired) electrons. The molecule has 2 fully saturated rings. The smallest absolute Gasteiger partial charge is 0.351 e. The Bertz CT molecular complexity index is 962. The number of aryl methyl sites for hydroxylation is 1. The van der Waals surface area contributed by atoms with Crippen molar-refractivity contribution in [2.24, 2.45) is 0 Å². The van der Waals surface area contributed by atoms with Gasteiger partial charge in [0.1, 0.15) is 12.2 Å². The maximum atomic E-state index is 15.3. The van der Waals surface area contributed by atoms with Crippen LogP contribution in [0.15, 0.2) is 15.8 Å². The van der Waals surface area contributed by atoms with Gasteiger partial charge < -0.3 is 14.2 Å². The van der Waals surface area contributed by atoms with Gasteiger partial charge in [-0.15, -0.1) is 0 Å². The fourth-order valence-electron chi connectivity index (χ4n) is 3.72. The molecule has 0 aromatic carbocycles. The zero-order valence-corrected chi connectivity index (χ0v) is 20.9. The van der Waals surface area contributed by atoms with E-state index in [9.17, 15) is 14.2 Å². The van der Waals surface area contributed by atoms with Crippen molar-refractivity contribution in [3.63, 3.8) is 0 Å². The summed E-state index contributed by atoms with van der Waals surface area (Å²) in [7, 11) is -3.93. The summed E-state index contributed by atoms with van der Waals surface area (Å²) in [6, 6.07) is -0.572. The molecule has 0 aliphatic carbocycles. The highest BCUT2D eigenvalue weighted by atomic mass is 31.2. The molecule has 2 saturated heterocycles. The SMILES string of the molecule is CCCCOC(OCCCC)[C@H](C)NP1(=O)OC[C@@H]2O[C@H](n3cc(C)c(=O)[nH]c3=O)[C@H](F)[C@H]2O1. The van der Waals surface area contributed by atoms with Crippen LogP contribution in [0.1, 0.15) is 58.2 Å². The third kappa shape index (κ3) is 6.42. The lowest BCUT2D eigenvalue weighted by Gasteiger charge is -2.34. The first-order chi connectivity index (χ1) is 16.2. The molecule has 1 aromatic heterocycles. The van der Waals surface area contributed by atoms with Crippen LogP contribution in [0.3, 0.4) is 0 Å². The average Bonchev–Trinajstić information content (AvgIpc) is 3.10. The van der Waals surface area contributed by atoms with Gasteiger partial charge in [0.2, 0.25) is 0 Å². The summed E-state index contributed by atoms with van der Waals surface area (Å²) in [5, 5.41) is 2.79. The number of alkyl halides is 1.